The third-order valence-corrected chi connectivity index (χ3v) is 3.17. The summed E-state index contributed by atoms with van der Waals surface area (Å²) in [5.41, 5.74) is 4.44. The quantitative estimate of drug-likeness (QED) is 0.651. The van der Waals surface area contributed by atoms with E-state index >= 15 is 0 Å². The van der Waals surface area contributed by atoms with Gasteiger partial charge in [-0.15, -0.1) is 0 Å². The van der Waals surface area contributed by atoms with E-state index in [1.165, 1.54) is 30.4 Å². The normalized spacial score (nSPS) is 12.9. The fraction of sp³-hybridized carbons (Fsp3) is 0.571. The van der Waals surface area contributed by atoms with E-state index < -0.39 is 0 Å². The Morgan fingerprint density at radius 1 is 1.21 bits per heavy atom. The molecule has 0 amide bonds. The minimum absolute atomic E-state index is 0.717. The number of aryl methyl sites for hydroxylation is 1. The Labute approximate surface area is 88.4 Å². The summed E-state index contributed by atoms with van der Waals surface area (Å²) in [5, 5.41) is 0. The Bertz CT molecular complexity index is 286. The highest BCUT2D eigenvalue weighted by Gasteiger charge is 2.08. The van der Waals surface area contributed by atoms with Gasteiger partial charge in [0, 0.05) is 0 Å². The Kier molecular flexibility index (Phi) is 4.19. The summed E-state index contributed by atoms with van der Waals surface area (Å²) < 4.78 is 0. The third kappa shape index (κ3) is 2.60. The van der Waals surface area contributed by atoms with Crippen LogP contribution in [0.4, 0.5) is 0 Å². The Balaban J connectivity index is 2.79. The fourth-order valence-electron chi connectivity index (χ4n) is 1.97. The first kappa shape index (κ1) is 11.3. The van der Waals surface area contributed by atoms with Crippen LogP contribution in [-0.4, -0.2) is 0 Å². The molecule has 14 heavy (non-hydrogen) atoms. The van der Waals surface area contributed by atoms with Crippen LogP contribution < -0.4 is 0 Å². The van der Waals surface area contributed by atoms with Gasteiger partial charge in [-0.1, -0.05) is 44.9 Å². The van der Waals surface area contributed by atoms with Crippen LogP contribution in [0.25, 0.3) is 0 Å². The highest BCUT2D eigenvalue weighted by molar-refractivity contribution is 5.35. The minimum Gasteiger partial charge on any atom is -0.0654 e. The maximum Gasteiger partial charge on any atom is -0.0188 e. The molecule has 0 nitrogen and oxygen atoms in total. The second-order valence-electron chi connectivity index (χ2n) is 4.33. The first-order chi connectivity index (χ1) is 6.66. The van der Waals surface area contributed by atoms with E-state index in [1.54, 1.807) is 5.56 Å². The molecule has 1 aromatic carbocycles. The number of benzene rings is 1. The zero-order chi connectivity index (χ0) is 10.6. The van der Waals surface area contributed by atoms with Gasteiger partial charge < -0.3 is 0 Å². The van der Waals surface area contributed by atoms with Gasteiger partial charge in [-0.3, -0.25) is 0 Å². The number of unbranched alkanes of at least 4 members (excludes halogenated alkanes) is 1. The van der Waals surface area contributed by atoms with Crippen molar-refractivity contribution in [1.29, 1.82) is 0 Å². The SMILES string of the molecule is CCCCC(C)c1cccc(C)c1C. The van der Waals surface area contributed by atoms with E-state index in [0.717, 1.165) is 5.92 Å². The van der Waals surface area contributed by atoms with Crippen molar-refractivity contribution in [3.63, 3.8) is 0 Å². The average molecular weight is 190 g/mol. The lowest BCUT2D eigenvalue weighted by atomic mass is 9.90. The van der Waals surface area contributed by atoms with Gasteiger partial charge in [0.2, 0.25) is 0 Å². The highest BCUT2D eigenvalue weighted by Crippen LogP contribution is 2.25. The summed E-state index contributed by atoms with van der Waals surface area (Å²) >= 11 is 0. The lowest BCUT2D eigenvalue weighted by molar-refractivity contribution is 0.621. The molecule has 0 saturated heterocycles. The van der Waals surface area contributed by atoms with Gasteiger partial charge in [-0.25, -0.2) is 0 Å². The minimum atomic E-state index is 0.717. The fourth-order valence-corrected chi connectivity index (χ4v) is 1.97. The zero-order valence-electron chi connectivity index (χ0n) is 9.93. The molecule has 0 spiro atoms. The molecule has 1 atom stereocenters. The van der Waals surface area contributed by atoms with E-state index in [4.69, 9.17) is 0 Å². The van der Waals surface area contributed by atoms with Crippen LogP contribution in [0.15, 0.2) is 18.2 Å². The van der Waals surface area contributed by atoms with E-state index in [9.17, 15) is 0 Å². The smallest absolute Gasteiger partial charge is 0.0188 e. The third-order valence-electron chi connectivity index (χ3n) is 3.17. The highest BCUT2D eigenvalue weighted by atomic mass is 14.1. The largest absolute Gasteiger partial charge is 0.0654 e. The molecule has 0 aromatic heterocycles. The van der Waals surface area contributed by atoms with Crippen molar-refractivity contribution in [3.05, 3.63) is 34.9 Å². The van der Waals surface area contributed by atoms with Crippen LogP contribution in [-0.2, 0) is 0 Å². The van der Waals surface area contributed by atoms with Crippen molar-refractivity contribution in [2.45, 2.75) is 52.9 Å². The molecule has 0 N–H and O–H groups in total. The predicted octanol–water partition coefficient (Wildman–Crippen LogP) is 4.60. The van der Waals surface area contributed by atoms with Crippen molar-refractivity contribution >= 4 is 0 Å². The van der Waals surface area contributed by atoms with Gasteiger partial charge in [-0.2, -0.15) is 0 Å². The Morgan fingerprint density at radius 3 is 2.57 bits per heavy atom. The molecule has 0 aliphatic carbocycles. The summed E-state index contributed by atoms with van der Waals surface area (Å²) in [7, 11) is 0. The molecular weight excluding hydrogens is 168 g/mol. The van der Waals surface area contributed by atoms with Gasteiger partial charge in [-0.05, 0) is 42.9 Å². The number of hydrogen-bond donors (Lipinski definition) is 0. The molecule has 1 unspecified atom stereocenters. The monoisotopic (exact) mass is 190 g/mol. The lowest BCUT2D eigenvalue weighted by Gasteiger charge is -2.15. The Morgan fingerprint density at radius 2 is 1.93 bits per heavy atom. The predicted molar refractivity (Wildman–Crippen MR) is 63.9 cm³/mol. The lowest BCUT2D eigenvalue weighted by Crippen LogP contribution is -1.98. The molecule has 0 bridgehead atoms. The summed E-state index contributed by atoms with van der Waals surface area (Å²) in [6, 6.07) is 6.66. The van der Waals surface area contributed by atoms with E-state index in [0.29, 0.717) is 0 Å². The van der Waals surface area contributed by atoms with Crippen LogP contribution in [0, 0.1) is 13.8 Å². The standard InChI is InChI=1S/C14H22/c1-5-6-8-12(3)14-10-7-9-11(2)13(14)4/h7,9-10,12H,5-6,8H2,1-4H3. The van der Waals surface area contributed by atoms with Crippen LogP contribution >= 0.6 is 0 Å². The molecular formula is C14H22. The van der Waals surface area contributed by atoms with Gasteiger partial charge in [0.15, 0.2) is 0 Å². The van der Waals surface area contributed by atoms with Crippen LogP contribution in [0.1, 0.15) is 55.7 Å². The maximum atomic E-state index is 2.34. The second-order valence-corrected chi connectivity index (χ2v) is 4.33. The van der Waals surface area contributed by atoms with Crippen LogP contribution in [0.3, 0.4) is 0 Å². The molecule has 0 saturated carbocycles. The van der Waals surface area contributed by atoms with E-state index in [1.807, 2.05) is 0 Å². The van der Waals surface area contributed by atoms with Crippen LogP contribution in [0.5, 0.6) is 0 Å². The molecule has 0 heteroatoms. The summed E-state index contributed by atoms with van der Waals surface area (Å²) in [6.07, 6.45) is 3.96. The van der Waals surface area contributed by atoms with Crippen molar-refractivity contribution in [2.75, 3.05) is 0 Å². The molecule has 0 fully saturated rings. The van der Waals surface area contributed by atoms with E-state index in [2.05, 4.69) is 45.9 Å². The van der Waals surface area contributed by atoms with Crippen LogP contribution in [0.2, 0.25) is 0 Å². The number of rotatable bonds is 4. The molecule has 0 aliphatic heterocycles. The van der Waals surface area contributed by atoms with Crippen molar-refractivity contribution < 1.29 is 0 Å². The van der Waals surface area contributed by atoms with E-state index in [-0.39, 0.29) is 0 Å². The molecule has 1 rings (SSSR count). The van der Waals surface area contributed by atoms with Gasteiger partial charge in [0.05, 0.1) is 0 Å². The molecule has 0 aliphatic rings. The summed E-state index contributed by atoms with van der Waals surface area (Å²) in [6.45, 7) is 9.05. The second kappa shape index (κ2) is 5.19. The van der Waals surface area contributed by atoms with Crippen molar-refractivity contribution in [3.8, 4) is 0 Å². The molecule has 0 radical (unpaired) electrons. The summed E-state index contributed by atoms with van der Waals surface area (Å²) in [4.78, 5) is 0. The van der Waals surface area contributed by atoms with Crippen molar-refractivity contribution in [1.82, 2.24) is 0 Å². The van der Waals surface area contributed by atoms with Gasteiger partial charge >= 0.3 is 0 Å². The molecule has 1 aromatic rings. The first-order valence-electron chi connectivity index (χ1n) is 5.73. The maximum absolute atomic E-state index is 2.34. The Hall–Kier alpha value is -0.780. The average Bonchev–Trinajstić information content (AvgIpc) is 2.18. The number of hydrogen-bond acceptors (Lipinski definition) is 0. The molecule has 78 valence electrons. The van der Waals surface area contributed by atoms with Crippen molar-refractivity contribution in [2.24, 2.45) is 0 Å². The van der Waals surface area contributed by atoms with Gasteiger partial charge in [0.1, 0.15) is 0 Å². The topological polar surface area (TPSA) is 0 Å². The molecule has 0 heterocycles. The zero-order valence-corrected chi connectivity index (χ0v) is 9.93. The summed E-state index contributed by atoms with van der Waals surface area (Å²) in [5.74, 6) is 0.717. The first-order valence-corrected chi connectivity index (χ1v) is 5.73. The van der Waals surface area contributed by atoms with Gasteiger partial charge in [0.25, 0.3) is 0 Å².